The van der Waals surface area contributed by atoms with Crippen molar-refractivity contribution in [2.24, 2.45) is 0 Å². The second-order valence-corrected chi connectivity index (χ2v) is 3.84. The van der Waals surface area contributed by atoms with Gasteiger partial charge in [-0.25, -0.2) is 0 Å². The van der Waals surface area contributed by atoms with E-state index < -0.39 is 0 Å². The molecule has 0 spiro atoms. The third kappa shape index (κ3) is 2.07. The van der Waals surface area contributed by atoms with Gasteiger partial charge in [-0.05, 0) is 18.2 Å². The first-order valence-electron chi connectivity index (χ1n) is 4.83. The molecule has 0 saturated carbocycles. The molecule has 16 heavy (non-hydrogen) atoms. The van der Waals surface area contributed by atoms with Crippen LogP contribution in [0.1, 0.15) is 15.9 Å². The fourth-order valence-electron chi connectivity index (χ4n) is 1.46. The van der Waals surface area contributed by atoms with Crippen LogP contribution < -0.4 is 5.73 Å². The zero-order valence-electron chi connectivity index (χ0n) is 8.48. The first-order chi connectivity index (χ1) is 7.68. The number of benzene rings is 2. The smallest absolute Gasteiger partial charge is 0.194 e. The highest BCUT2D eigenvalue weighted by atomic mass is 35.5. The van der Waals surface area contributed by atoms with E-state index in [1.54, 1.807) is 30.3 Å². The molecular formula is C13H10ClNO. The predicted molar refractivity (Wildman–Crippen MR) is 65.7 cm³/mol. The van der Waals surface area contributed by atoms with Gasteiger partial charge in [-0.15, -0.1) is 0 Å². The number of nitrogens with two attached hydrogens (primary N) is 1. The molecular weight excluding hydrogens is 222 g/mol. The van der Waals surface area contributed by atoms with Gasteiger partial charge >= 0.3 is 0 Å². The molecule has 0 aliphatic rings. The third-order valence-corrected chi connectivity index (χ3v) is 2.60. The maximum absolute atomic E-state index is 12.1. The molecule has 3 heteroatoms. The summed E-state index contributed by atoms with van der Waals surface area (Å²) in [6.07, 6.45) is 0. The standard InChI is InChI=1S/C13H10ClNO/c14-12-7-6-10(15)8-11(12)13(16)9-4-2-1-3-5-9/h1-8H,15H2. The molecule has 0 radical (unpaired) electrons. The summed E-state index contributed by atoms with van der Waals surface area (Å²) in [5.41, 5.74) is 7.21. The Morgan fingerprint density at radius 1 is 1.06 bits per heavy atom. The average Bonchev–Trinajstić information content (AvgIpc) is 2.32. The van der Waals surface area contributed by atoms with Gasteiger partial charge in [-0.1, -0.05) is 41.9 Å². The summed E-state index contributed by atoms with van der Waals surface area (Å²) in [7, 11) is 0. The van der Waals surface area contributed by atoms with Crippen molar-refractivity contribution >= 4 is 23.1 Å². The Bertz CT molecular complexity index is 523. The van der Waals surface area contributed by atoms with E-state index in [1.807, 2.05) is 18.2 Å². The van der Waals surface area contributed by atoms with Crippen molar-refractivity contribution in [3.63, 3.8) is 0 Å². The van der Waals surface area contributed by atoms with Crippen LogP contribution >= 0.6 is 11.6 Å². The Kier molecular flexibility index (Phi) is 2.93. The van der Waals surface area contributed by atoms with Crippen molar-refractivity contribution in [1.29, 1.82) is 0 Å². The lowest BCUT2D eigenvalue weighted by Crippen LogP contribution is -2.02. The van der Waals surface area contributed by atoms with E-state index in [-0.39, 0.29) is 5.78 Å². The number of nitrogen functional groups attached to an aromatic ring is 1. The fourth-order valence-corrected chi connectivity index (χ4v) is 1.67. The minimum absolute atomic E-state index is 0.113. The summed E-state index contributed by atoms with van der Waals surface area (Å²) in [6, 6.07) is 13.9. The quantitative estimate of drug-likeness (QED) is 0.637. The summed E-state index contributed by atoms with van der Waals surface area (Å²) in [4.78, 5) is 12.1. The number of anilines is 1. The summed E-state index contributed by atoms with van der Waals surface area (Å²) in [5, 5.41) is 0.419. The largest absolute Gasteiger partial charge is 0.399 e. The molecule has 0 aromatic heterocycles. The van der Waals surface area contributed by atoms with Crippen LogP contribution in [0, 0.1) is 0 Å². The number of hydrogen-bond acceptors (Lipinski definition) is 2. The number of rotatable bonds is 2. The number of carbonyl (C=O) groups is 1. The molecule has 0 heterocycles. The van der Waals surface area contributed by atoms with E-state index in [1.165, 1.54) is 0 Å². The molecule has 80 valence electrons. The Morgan fingerprint density at radius 3 is 2.44 bits per heavy atom. The molecule has 2 nitrogen and oxygen atoms in total. The van der Waals surface area contributed by atoms with Crippen LogP contribution in [0.15, 0.2) is 48.5 Å². The highest BCUT2D eigenvalue weighted by Gasteiger charge is 2.12. The SMILES string of the molecule is Nc1ccc(Cl)c(C(=O)c2ccccc2)c1. The molecule has 0 bridgehead atoms. The lowest BCUT2D eigenvalue weighted by atomic mass is 10.0. The summed E-state index contributed by atoms with van der Waals surface area (Å²) in [5.74, 6) is -0.113. The van der Waals surface area contributed by atoms with Crippen LogP contribution in [0.2, 0.25) is 5.02 Å². The van der Waals surface area contributed by atoms with Crippen LogP contribution in [0.3, 0.4) is 0 Å². The van der Waals surface area contributed by atoms with Gasteiger partial charge in [-0.3, -0.25) is 4.79 Å². The topological polar surface area (TPSA) is 43.1 Å². The number of hydrogen-bond donors (Lipinski definition) is 1. The second kappa shape index (κ2) is 4.37. The Labute approximate surface area is 98.7 Å². The Morgan fingerprint density at radius 2 is 1.75 bits per heavy atom. The molecule has 2 N–H and O–H groups in total. The van der Waals surface area contributed by atoms with E-state index in [2.05, 4.69) is 0 Å². The van der Waals surface area contributed by atoms with Crippen LogP contribution in [0.25, 0.3) is 0 Å². The van der Waals surface area contributed by atoms with Gasteiger partial charge in [0, 0.05) is 16.8 Å². The zero-order chi connectivity index (χ0) is 11.5. The van der Waals surface area contributed by atoms with Crippen LogP contribution in [0.5, 0.6) is 0 Å². The van der Waals surface area contributed by atoms with Crippen LogP contribution in [-0.4, -0.2) is 5.78 Å². The molecule has 0 aliphatic heterocycles. The molecule has 2 aromatic carbocycles. The number of carbonyl (C=O) groups excluding carboxylic acids is 1. The zero-order valence-corrected chi connectivity index (χ0v) is 9.24. The summed E-state index contributed by atoms with van der Waals surface area (Å²) in [6.45, 7) is 0. The average molecular weight is 232 g/mol. The highest BCUT2D eigenvalue weighted by molar-refractivity contribution is 6.35. The van der Waals surface area contributed by atoms with Crippen molar-refractivity contribution in [3.8, 4) is 0 Å². The summed E-state index contributed by atoms with van der Waals surface area (Å²) < 4.78 is 0. The van der Waals surface area contributed by atoms with Crippen LogP contribution in [0.4, 0.5) is 5.69 Å². The molecule has 2 aromatic rings. The van der Waals surface area contributed by atoms with E-state index in [0.29, 0.717) is 21.8 Å². The predicted octanol–water partition coefficient (Wildman–Crippen LogP) is 3.15. The first-order valence-corrected chi connectivity index (χ1v) is 5.21. The fraction of sp³-hybridized carbons (Fsp3) is 0. The van der Waals surface area contributed by atoms with E-state index in [9.17, 15) is 4.79 Å². The molecule has 0 aliphatic carbocycles. The van der Waals surface area contributed by atoms with Gasteiger partial charge in [0.15, 0.2) is 5.78 Å². The highest BCUT2D eigenvalue weighted by Crippen LogP contribution is 2.21. The molecule has 0 unspecified atom stereocenters. The second-order valence-electron chi connectivity index (χ2n) is 3.43. The third-order valence-electron chi connectivity index (χ3n) is 2.27. The van der Waals surface area contributed by atoms with Gasteiger partial charge in [-0.2, -0.15) is 0 Å². The van der Waals surface area contributed by atoms with Crippen molar-refractivity contribution in [3.05, 3.63) is 64.7 Å². The van der Waals surface area contributed by atoms with Gasteiger partial charge in [0.1, 0.15) is 0 Å². The maximum Gasteiger partial charge on any atom is 0.194 e. The Hall–Kier alpha value is -1.80. The number of ketones is 1. The van der Waals surface area contributed by atoms with E-state index in [0.717, 1.165) is 0 Å². The molecule has 0 atom stereocenters. The van der Waals surface area contributed by atoms with Crippen molar-refractivity contribution in [2.45, 2.75) is 0 Å². The minimum atomic E-state index is -0.113. The minimum Gasteiger partial charge on any atom is -0.399 e. The Balaban J connectivity index is 2.46. The van der Waals surface area contributed by atoms with Gasteiger partial charge in [0.25, 0.3) is 0 Å². The number of halogens is 1. The lowest BCUT2D eigenvalue weighted by Gasteiger charge is -2.04. The van der Waals surface area contributed by atoms with Crippen molar-refractivity contribution in [1.82, 2.24) is 0 Å². The molecule has 0 amide bonds. The van der Waals surface area contributed by atoms with Crippen LogP contribution in [-0.2, 0) is 0 Å². The monoisotopic (exact) mass is 231 g/mol. The van der Waals surface area contributed by atoms with Crippen molar-refractivity contribution in [2.75, 3.05) is 5.73 Å². The van der Waals surface area contributed by atoms with Gasteiger partial charge in [0.05, 0.1) is 5.02 Å². The summed E-state index contributed by atoms with van der Waals surface area (Å²) >= 11 is 5.96. The molecule has 0 saturated heterocycles. The molecule has 0 fully saturated rings. The maximum atomic E-state index is 12.1. The van der Waals surface area contributed by atoms with E-state index in [4.69, 9.17) is 17.3 Å². The normalized spacial score (nSPS) is 10.1. The van der Waals surface area contributed by atoms with E-state index >= 15 is 0 Å². The van der Waals surface area contributed by atoms with Gasteiger partial charge < -0.3 is 5.73 Å². The lowest BCUT2D eigenvalue weighted by molar-refractivity contribution is 0.103. The molecule has 2 rings (SSSR count). The van der Waals surface area contributed by atoms with Gasteiger partial charge in [0.2, 0.25) is 0 Å². The first kappa shape index (κ1) is 10.7. The van der Waals surface area contributed by atoms with Crippen molar-refractivity contribution < 1.29 is 4.79 Å².